The van der Waals surface area contributed by atoms with Crippen LogP contribution in [0, 0.1) is 5.82 Å². The van der Waals surface area contributed by atoms with Gasteiger partial charge in [0.05, 0.1) is 0 Å². The summed E-state index contributed by atoms with van der Waals surface area (Å²) in [6.45, 7) is 5.42. The zero-order valence-corrected chi connectivity index (χ0v) is 18.9. The summed E-state index contributed by atoms with van der Waals surface area (Å²) in [5.41, 5.74) is 1.78. The predicted octanol–water partition coefficient (Wildman–Crippen LogP) is 3.15. The minimum absolute atomic E-state index is 0.153. The van der Waals surface area contributed by atoms with Crippen LogP contribution in [0.2, 0.25) is 0 Å². The first kappa shape index (κ1) is 23.0. The van der Waals surface area contributed by atoms with Gasteiger partial charge < -0.3 is 25.3 Å². The first-order valence-corrected chi connectivity index (χ1v) is 11.7. The lowest BCUT2D eigenvalue weighted by Crippen LogP contribution is -2.50. The highest BCUT2D eigenvalue weighted by Crippen LogP contribution is 2.18. The van der Waals surface area contributed by atoms with Gasteiger partial charge >= 0.3 is 6.03 Å². The molecule has 4 rings (SSSR count). The molecule has 33 heavy (non-hydrogen) atoms. The van der Waals surface area contributed by atoms with Crippen molar-refractivity contribution in [2.24, 2.45) is 0 Å². The number of piperidine rings is 1. The van der Waals surface area contributed by atoms with E-state index in [0.717, 1.165) is 56.9 Å². The van der Waals surface area contributed by atoms with E-state index < -0.39 is 0 Å². The van der Waals surface area contributed by atoms with Crippen LogP contribution in [-0.4, -0.2) is 73.6 Å². The van der Waals surface area contributed by atoms with E-state index >= 15 is 0 Å². The maximum atomic E-state index is 13.1. The first-order chi connectivity index (χ1) is 16.1. The molecular formula is C25H32FN5O2. The number of hydrogen-bond donors (Lipinski definition) is 2. The number of piperazine rings is 1. The second kappa shape index (κ2) is 11.1. The SMILES string of the molecule is O=C(Nc1ccccc1)NC1CCN(CCC(=O)N2CCN(c3ccc(F)cc3)CC2)CC1. The lowest BCUT2D eigenvalue weighted by molar-refractivity contribution is -0.131. The average molecular weight is 454 g/mol. The number of nitrogens with zero attached hydrogens (tertiary/aromatic N) is 3. The lowest BCUT2D eigenvalue weighted by atomic mass is 10.0. The van der Waals surface area contributed by atoms with E-state index in [9.17, 15) is 14.0 Å². The van der Waals surface area contributed by atoms with Gasteiger partial charge in [-0.25, -0.2) is 9.18 Å². The van der Waals surface area contributed by atoms with E-state index in [2.05, 4.69) is 20.4 Å². The van der Waals surface area contributed by atoms with Gasteiger partial charge in [0.1, 0.15) is 5.82 Å². The number of carbonyl (C=O) groups excluding carboxylic acids is 2. The third-order valence-corrected chi connectivity index (χ3v) is 6.42. The van der Waals surface area contributed by atoms with Gasteiger partial charge in [0.2, 0.25) is 5.91 Å². The third-order valence-electron chi connectivity index (χ3n) is 6.42. The summed E-state index contributed by atoms with van der Waals surface area (Å²) in [5, 5.41) is 5.91. The molecule has 2 heterocycles. The molecule has 2 fully saturated rings. The van der Waals surface area contributed by atoms with E-state index in [1.165, 1.54) is 12.1 Å². The smallest absolute Gasteiger partial charge is 0.319 e. The molecule has 2 aromatic rings. The Balaban J connectivity index is 1.12. The monoisotopic (exact) mass is 453 g/mol. The minimum Gasteiger partial charge on any atom is -0.368 e. The molecule has 2 N–H and O–H groups in total. The van der Waals surface area contributed by atoms with Crippen LogP contribution in [0.1, 0.15) is 19.3 Å². The molecule has 2 aromatic carbocycles. The number of nitrogens with one attached hydrogen (secondary N) is 2. The topological polar surface area (TPSA) is 67.9 Å². The Kier molecular flexibility index (Phi) is 7.78. The fourth-order valence-corrected chi connectivity index (χ4v) is 4.45. The van der Waals surface area contributed by atoms with E-state index in [0.29, 0.717) is 19.5 Å². The Hall–Kier alpha value is -3.13. The summed E-state index contributed by atoms with van der Waals surface area (Å²) < 4.78 is 13.1. The van der Waals surface area contributed by atoms with Crippen molar-refractivity contribution < 1.29 is 14.0 Å². The van der Waals surface area contributed by atoms with Gasteiger partial charge in [-0.1, -0.05) is 18.2 Å². The molecule has 0 bridgehead atoms. The number of rotatable bonds is 6. The maximum absolute atomic E-state index is 13.1. The molecule has 176 valence electrons. The van der Waals surface area contributed by atoms with Crippen LogP contribution in [0.4, 0.5) is 20.6 Å². The van der Waals surface area contributed by atoms with Crippen molar-refractivity contribution in [1.82, 2.24) is 15.1 Å². The lowest BCUT2D eigenvalue weighted by Gasteiger charge is -2.37. The third kappa shape index (κ3) is 6.68. The molecule has 0 atom stereocenters. The quantitative estimate of drug-likeness (QED) is 0.705. The number of benzene rings is 2. The highest BCUT2D eigenvalue weighted by molar-refractivity contribution is 5.89. The largest absolute Gasteiger partial charge is 0.368 e. The molecule has 0 aliphatic carbocycles. The molecule has 0 radical (unpaired) electrons. The Morgan fingerprint density at radius 3 is 2.21 bits per heavy atom. The van der Waals surface area contributed by atoms with Crippen molar-refractivity contribution in [3.8, 4) is 0 Å². The van der Waals surface area contributed by atoms with Crippen LogP contribution in [0.3, 0.4) is 0 Å². The molecule has 0 spiro atoms. The normalized spacial score (nSPS) is 17.6. The summed E-state index contributed by atoms with van der Waals surface area (Å²) in [4.78, 5) is 31.3. The minimum atomic E-state index is -0.233. The van der Waals surface area contributed by atoms with Gasteiger partial charge in [-0.15, -0.1) is 0 Å². The molecule has 0 saturated carbocycles. The molecule has 3 amide bonds. The Bertz CT molecular complexity index is 908. The van der Waals surface area contributed by atoms with Crippen LogP contribution >= 0.6 is 0 Å². The highest BCUT2D eigenvalue weighted by atomic mass is 19.1. The molecule has 0 unspecified atom stereocenters. The van der Waals surface area contributed by atoms with Crippen molar-refractivity contribution in [3.63, 3.8) is 0 Å². The van der Waals surface area contributed by atoms with Crippen molar-refractivity contribution in [3.05, 3.63) is 60.4 Å². The summed E-state index contributed by atoms with van der Waals surface area (Å²) in [6.07, 6.45) is 2.28. The number of para-hydroxylation sites is 1. The number of halogens is 1. The predicted molar refractivity (Wildman–Crippen MR) is 128 cm³/mol. The number of likely N-dealkylation sites (tertiary alicyclic amines) is 1. The second-order valence-electron chi connectivity index (χ2n) is 8.67. The van der Waals surface area contributed by atoms with Gasteiger partial charge in [0.15, 0.2) is 0 Å². The summed E-state index contributed by atoms with van der Waals surface area (Å²) in [6, 6.07) is 15.9. The van der Waals surface area contributed by atoms with Crippen molar-refractivity contribution in [2.45, 2.75) is 25.3 Å². The zero-order valence-electron chi connectivity index (χ0n) is 18.9. The van der Waals surface area contributed by atoms with E-state index in [4.69, 9.17) is 0 Å². The molecule has 7 nitrogen and oxygen atoms in total. The number of carbonyl (C=O) groups is 2. The molecule has 8 heteroatoms. The fourth-order valence-electron chi connectivity index (χ4n) is 4.45. The zero-order chi connectivity index (χ0) is 23.0. The van der Waals surface area contributed by atoms with Gasteiger partial charge in [0, 0.05) is 69.7 Å². The molecule has 2 aliphatic rings. The average Bonchev–Trinajstić information content (AvgIpc) is 2.84. The van der Waals surface area contributed by atoms with Crippen molar-refractivity contribution in [2.75, 3.05) is 56.0 Å². The molecule has 2 aliphatic heterocycles. The number of anilines is 2. The van der Waals surface area contributed by atoms with E-state index in [1.54, 1.807) is 12.1 Å². The number of hydrogen-bond acceptors (Lipinski definition) is 4. The fraction of sp³-hybridized carbons (Fsp3) is 0.440. The first-order valence-electron chi connectivity index (χ1n) is 11.7. The number of amides is 3. The van der Waals surface area contributed by atoms with Crippen LogP contribution in [-0.2, 0) is 4.79 Å². The summed E-state index contributed by atoms with van der Waals surface area (Å²) >= 11 is 0. The van der Waals surface area contributed by atoms with Crippen LogP contribution < -0.4 is 15.5 Å². The van der Waals surface area contributed by atoms with Crippen molar-refractivity contribution >= 4 is 23.3 Å². The van der Waals surface area contributed by atoms with Gasteiger partial charge in [-0.2, -0.15) is 0 Å². The second-order valence-corrected chi connectivity index (χ2v) is 8.67. The highest BCUT2D eigenvalue weighted by Gasteiger charge is 2.24. The van der Waals surface area contributed by atoms with E-state index in [1.807, 2.05) is 35.2 Å². The maximum Gasteiger partial charge on any atom is 0.319 e. The molecule has 2 saturated heterocycles. The standard InChI is InChI=1S/C25H32FN5O2/c26-20-6-8-23(9-7-20)30-16-18-31(19-17-30)24(32)12-15-29-13-10-22(11-14-29)28-25(33)27-21-4-2-1-3-5-21/h1-9,22H,10-19H2,(H2,27,28,33). The van der Waals surface area contributed by atoms with Crippen LogP contribution in [0.25, 0.3) is 0 Å². The van der Waals surface area contributed by atoms with Gasteiger partial charge in [-0.3, -0.25) is 4.79 Å². The van der Waals surface area contributed by atoms with Crippen LogP contribution in [0.5, 0.6) is 0 Å². The van der Waals surface area contributed by atoms with Crippen molar-refractivity contribution in [1.29, 1.82) is 0 Å². The Morgan fingerprint density at radius 1 is 0.879 bits per heavy atom. The number of urea groups is 1. The van der Waals surface area contributed by atoms with E-state index in [-0.39, 0.29) is 23.8 Å². The summed E-state index contributed by atoms with van der Waals surface area (Å²) in [5.74, 6) is -0.0425. The molecule has 0 aromatic heterocycles. The van der Waals surface area contributed by atoms with Gasteiger partial charge in [-0.05, 0) is 49.2 Å². The summed E-state index contributed by atoms with van der Waals surface area (Å²) in [7, 11) is 0. The Morgan fingerprint density at radius 2 is 1.55 bits per heavy atom. The van der Waals surface area contributed by atoms with Gasteiger partial charge in [0.25, 0.3) is 0 Å². The Labute approximate surface area is 194 Å². The molecular weight excluding hydrogens is 421 g/mol. The van der Waals surface area contributed by atoms with Crippen LogP contribution in [0.15, 0.2) is 54.6 Å².